The number of nitrogens with one attached hydrogen (secondary N) is 1. The number of hydrogen-bond acceptors (Lipinski definition) is 3. The van der Waals surface area contributed by atoms with Gasteiger partial charge in [0.1, 0.15) is 17.7 Å². The molecule has 0 aromatic heterocycles. The zero-order valence-corrected chi connectivity index (χ0v) is 12.0. The monoisotopic (exact) mass is 296 g/mol. The van der Waals surface area contributed by atoms with Crippen LogP contribution in [0.1, 0.15) is 33.1 Å². The number of carbonyl (C=O) groups is 2. The summed E-state index contributed by atoms with van der Waals surface area (Å²) in [4.78, 5) is 25.6. The second kappa shape index (κ2) is 6.20. The number of nitrogens with zero attached hydrogens (tertiary/aromatic N) is 1. The molecule has 2 rings (SSSR count). The highest BCUT2D eigenvalue weighted by Crippen LogP contribution is 2.23. The summed E-state index contributed by atoms with van der Waals surface area (Å²) in [6.07, 6.45) is 1.39. The molecule has 6 heteroatoms. The summed E-state index contributed by atoms with van der Waals surface area (Å²) in [7, 11) is 0. The average Bonchev–Trinajstić information content (AvgIpc) is 2.67. The highest BCUT2D eigenvalue weighted by molar-refractivity contribution is 6.07. The lowest BCUT2D eigenvalue weighted by molar-refractivity contribution is -0.141. The minimum Gasteiger partial charge on any atom is -0.373 e. The lowest BCUT2D eigenvalue weighted by Crippen LogP contribution is -2.41. The number of amides is 2. The summed E-state index contributed by atoms with van der Waals surface area (Å²) in [6.45, 7) is 3.83. The molecule has 114 valence electrons. The molecule has 1 unspecified atom stereocenters. The van der Waals surface area contributed by atoms with Gasteiger partial charge in [0.25, 0.3) is 5.91 Å². The van der Waals surface area contributed by atoms with Gasteiger partial charge in [0.2, 0.25) is 5.91 Å². The minimum absolute atomic E-state index is 0.00741. The summed E-state index contributed by atoms with van der Waals surface area (Å²) >= 11 is 0. The van der Waals surface area contributed by atoms with E-state index in [1.54, 1.807) is 0 Å². The number of carbonyl (C=O) groups excluding carboxylic acids is 2. The smallest absolute Gasteiger partial charge is 0.252 e. The standard InChI is InChI=1S/C15H18F2N2O2/c1-3-12(4-2)19-14(20)8-13(15(19)21)18-11-6-9(16)5-10(17)7-11/h5-7,12-13,18H,3-4,8H2,1-2H3. The number of benzene rings is 1. The maximum atomic E-state index is 13.1. The van der Waals surface area contributed by atoms with E-state index >= 15 is 0 Å². The van der Waals surface area contributed by atoms with Gasteiger partial charge in [-0.2, -0.15) is 0 Å². The van der Waals surface area contributed by atoms with Crippen LogP contribution in [-0.4, -0.2) is 28.8 Å². The number of likely N-dealkylation sites (tertiary alicyclic amines) is 1. The van der Waals surface area contributed by atoms with Crippen LogP contribution in [0.5, 0.6) is 0 Å². The van der Waals surface area contributed by atoms with Gasteiger partial charge >= 0.3 is 0 Å². The Kier molecular flexibility index (Phi) is 4.55. The Morgan fingerprint density at radius 3 is 2.29 bits per heavy atom. The van der Waals surface area contributed by atoms with Gasteiger partial charge in [-0.3, -0.25) is 14.5 Å². The van der Waals surface area contributed by atoms with E-state index in [9.17, 15) is 18.4 Å². The van der Waals surface area contributed by atoms with Gasteiger partial charge in [-0.15, -0.1) is 0 Å². The fourth-order valence-corrected chi connectivity index (χ4v) is 2.64. The minimum atomic E-state index is -0.765. The van der Waals surface area contributed by atoms with Crippen molar-refractivity contribution in [1.82, 2.24) is 4.90 Å². The van der Waals surface area contributed by atoms with Gasteiger partial charge in [0.15, 0.2) is 0 Å². The number of halogens is 2. The first-order valence-corrected chi connectivity index (χ1v) is 7.04. The molecule has 21 heavy (non-hydrogen) atoms. The SMILES string of the molecule is CCC(CC)N1C(=O)CC(Nc2cc(F)cc(F)c2)C1=O. The Hall–Kier alpha value is -1.98. The quantitative estimate of drug-likeness (QED) is 0.850. The molecule has 1 aromatic carbocycles. The number of hydrogen-bond donors (Lipinski definition) is 1. The van der Waals surface area contributed by atoms with Crippen LogP contribution in [0.4, 0.5) is 14.5 Å². The van der Waals surface area contributed by atoms with Crippen molar-refractivity contribution in [3.05, 3.63) is 29.8 Å². The third-order valence-electron chi connectivity index (χ3n) is 3.69. The van der Waals surface area contributed by atoms with Gasteiger partial charge in [-0.05, 0) is 25.0 Å². The molecular formula is C15H18F2N2O2. The van der Waals surface area contributed by atoms with E-state index < -0.39 is 17.7 Å². The Morgan fingerprint density at radius 2 is 1.76 bits per heavy atom. The zero-order valence-electron chi connectivity index (χ0n) is 12.0. The molecule has 0 aliphatic carbocycles. The Balaban J connectivity index is 2.15. The van der Waals surface area contributed by atoms with E-state index in [1.165, 1.54) is 4.90 Å². The fourth-order valence-electron chi connectivity index (χ4n) is 2.64. The molecule has 0 radical (unpaired) electrons. The summed E-state index contributed by atoms with van der Waals surface area (Å²) in [6, 6.07) is 2.06. The van der Waals surface area contributed by atoms with E-state index in [0.29, 0.717) is 12.8 Å². The summed E-state index contributed by atoms with van der Waals surface area (Å²) in [5.41, 5.74) is 0.157. The average molecular weight is 296 g/mol. The van der Waals surface area contributed by atoms with Gasteiger partial charge in [0.05, 0.1) is 6.42 Å². The fraction of sp³-hybridized carbons (Fsp3) is 0.467. The molecule has 0 spiro atoms. The van der Waals surface area contributed by atoms with Crippen molar-refractivity contribution in [3.8, 4) is 0 Å². The van der Waals surface area contributed by atoms with Crippen molar-refractivity contribution in [2.75, 3.05) is 5.32 Å². The number of rotatable bonds is 5. The Morgan fingerprint density at radius 1 is 1.19 bits per heavy atom. The first-order valence-electron chi connectivity index (χ1n) is 7.04. The van der Waals surface area contributed by atoms with Gasteiger partial charge in [-0.1, -0.05) is 13.8 Å². The lowest BCUT2D eigenvalue weighted by Gasteiger charge is -2.24. The van der Waals surface area contributed by atoms with E-state index in [-0.39, 0.29) is 30.0 Å². The van der Waals surface area contributed by atoms with Crippen LogP contribution in [0, 0.1) is 11.6 Å². The molecular weight excluding hydrogens is 278 g/mol. The highest BCUT2D eigenvalue weighted by Gasteiger charge is 2.41. The summed E-state index contributed by atoms with van der Waals surface area (Å²) in [5.74, 6) is -2.04. The summed E-state index contributed by atoms with van der Waals surface area (Å²) < 4.78 is 26.3. The molecule has 1 fully saturated rings. The second-order valence-corrected chi connectivity index (χ2v) is 5.13. The van der Waals surface area contributed by atoms with Crippen LogP contribution in [0.2, 0.25) is 0 Å². The molecule has 1 aliphatic rings. The van der Waals surface area contributed by atoms with Gasteiger partial charge in [0, 0.05) is 17.8 Å². The van der Waals surface area contributed by atoms with Crippen LogP contribution >= 0.6 is 0 Å². The van der Waals surface area contributed by atoms with Crippen molar-refractivity contribution in [1.29, 1.82) is 0 Å². The van der Waals surface area contributed by atoms with E-state index in [4.69, 9.17) is 0 Å². The largest absolute Gasteiger partial charge is 0.373 e. The van der Waals surface area contributed by atoms with E-state index in [2.05, 4.69) is 5.32 Å². The topological polar surface area (TPSA) is 49.4 Å². The van der Waals surface area contributed by atoms with Crippen molar-refractivity contribution in [2.45, 2.75) is 45.2 Å². The number of imide groups is 1. The van der Waals surface area contributed by atoms with Crippen LogP contribution in [0.3, 0.4) is 0 Å². The first kappa shape index (κ1) is 15.4. The molecule has 0 saturated carbocycles. The molecule has 0 bridgehead atoms. The maximum Gasteiger partial charge on any atom is 0.252 e. The molecule has 1 atom stereocenters. The molecule has 1 N–H and O–H groups in total. The van der Waals surface area contributed by atoms with E-state index in [0.717, 1.165) is 18.2 Å². The third kappa shape index (κ3) is 3.20. The van der Waals surface area contributed by atoms with Crippen molar-refractivity contribution >= 4 is 17.5 Å². The van der Waals surface area contributed by atoms with Crippen LogP contribution in [0.15, 0.2) is 18.2 Å². The van der Waals surface area contributed by atoms with Gasteiger partial charge in [-0.25, -0.2) is 8.78 Å². The first-order chi connectivity index (χ1) is 9.96. The lowest BCUT2D eigenvalue weighted by atomic mass is 10.1. The number of anilines is 1. The predicted octanol–water partition coefficient (Wildman–Crippen LogP) is 2.69. The predicted molar refractivity (Wildman–Crippen MR) is 74.6 cm³/mol. The van der Waals surface area contributed by atoms with Crippen molar-refractivity contribution in [3.63, 3.8) is 0 Å². The zero-order chi connectivity index (χ0) is 15.6. The molecule has 1 saturated heterocycles. The normalized spacial score (nSPS) is 18.7. The highest BCUT2D eigenvalue weighted by atomic mass is 19.1. The van der Waals surface area contributed by atoms with Crippen molar-refractivity contribution in [2.24, 2.45) is 0 Å². The molecule has 1 aliphatic heterocycles. The van der Waals surface area contributed by atoms with E-state index in [1.807, 2.05) is 13.8 Å². The molecule has 1 heterocycles. The van der Waals surface area contributed by atoms with Gasteiger partial charge < -0.3 is 5.32 Å². The second-order valence-electron chi connectivity index (χ2n) is 5.13. The van der Waals surface area contributed by atoms with Crippen LogP contribution < -0.4 is 5.32 Å². The maximum absolute atomic E-state index is 13.1. The van der Waals surface area contributed by atoms with Crippen molar-refractivity contribution < 1.29 is 18.4 Å². The Labute approximate surface area is 122 Å². The third-order valence-corrected chi connectivity index (χ3v) is 3.69. The Bertz CT molecular complexity index is 538. The van der Waals surface area contributed by atoms with Crippen LogP contribution in [0.25, 0.3) is 0 Å². The summed E-state index contributed by atoms with van der Waals surface area (Å²) in [5, 5.41) is 2.74. The molecule has 4 nitrogen and oxygen atoms in total. The molecule has 2 amide bonds. The van der Waals surface area contributed by atoms with Crippen LogP contribution in [-0.2, 0) is 9.59 Å². The molecule has 1 aromatic rings.